The molecule has 0 aliphatic carbocycles. The van der Waals surface area contributed by atoms with Crippen molar-refractivity contribution in [3.8, 4) is 11.5 Å². The van der Waals surface area contributed by atoms with Crippen LogP contribution in [-0.4, -0.2) is 35.0 Å². The SMILES string of the molecule is Cc1cccc2c1OC[N+](c1cc(C(F)(F)F)cc(C(F)(F)F)c1)=C2.Cc1cccc2c1OC[N+](c1cccc(Cl)c1)=C2. The molecule has 222 valence electrons. The fourth-order valence-electron chi connectivity index (χ4n) is 4.68. The van der Waals surface area contributed by atoms with Crippen molar-refractivity contribution in [2.45, 2.75) is 26.2 Å². The zero-order valence-electron chi connectivity index (χ0n) is 22.9. The van der Waals surface area contributed by atoms with Crippen LogP contribution in [-0.2, 0) is 12.4 Å². The van der Waals surface area contributed by atoms with Crippen molar-refractivity contribution in [3.05, 3.63) is 117 Å². The van der Waals surface area contributed by atoms with E-state index in [9.17, 15) is 26.3 Å². The summed E-state index contributed by atoms with van der Waals surface area (Å²) in [5, 5.41) is 0.732. The van der Waals surface area contributed by atoms with Crippen molar-refractivity contribution in [1.82, 2.24) is 0 Å². The summed E-state index contributed by atoms with van der Waals surface area (Å²) in [6.45, 7) is 4.19. The Morgan fingerprint density at radius 1 is 0.605 bits per heavy atom. The lowest BCUT2D eigenvalue weighted by Gasteiger charge is -2.17. The predicted octanol–water partition coefficient (Wildman–Crippen LogP) is 8.91. The first-order valence-electron chi connectivity index (χ1n) is 13.0. The van der Waals surface area contributed by atoms with Crippen LogP contribution in [0.4, 0.5) is 37.7 Å². The molecule has 4 aromatic carbocycles. The van der Waals surface area contributed by atoms with Crippen LogP contribution in [0.2, 0.25) is 5.02 Å². The van der Waals surface area contributed by atoms with Gasteiger partial charge in [-0.2, -0.15) is 35.5 Å². The molecule has 0 unspecified atom stereocenters. The molecule has 2 aliphatic rings. The molecule has 0 atom stereocenters. The summed E-state index contributed by atoms with van der Waals surface area (Å²) in [4.78, 5) is 0. The van der Waals surface area contributed by atoms with Crippen LogP contribution in [0.15, 0.2) is 78.9 Å². The molecule has 0 bridgehead atoms. The van der Waals surface area contributed by atoms with Gasteiger partial charge in [-0.15, -0.1) is 0 Å². The Morgan fingerprint density at radius 3 is 1.53 bits per heavy atom. The van der Waals surface area contributed by atoms with E-state index in [0.29, 0.717) is 30.2 Å². The summed E-state index contributed by atoms with van der Waals surface area (Å²) in [5.74, 6) is 1.53. The first-order valence-corrected chi connectivity index (χ1v) is 13.4. The zero-order valence-corrected chi connectivity index (χ0v) is 23.7. The van der Waals surface area contributed by atoms with Crippen LogP contribution in [0.25, 0.3) is 0 Å². The summed E-state index contributed by atoms with van der Waals surface area (Å²) in [7, 11) is 0. The molecule has 0 radical (unpaired) electrons. The normalized spacial score (nSPS) is 14.2. The monoisotopic (exact) mass is 618 g/mol. The van der Waals surface area contributed by atoms with E-state index in [2.05, 4.69) is 25.3 Å². The number of aryl methyl sites for hydroxylation is 2. The molecule has 0 aromatic heterocycles. The van der Waals surface area contributed by atoms with Gasteiger partial charge in [0.05, 0.1) is 22.3 Å². The van der Waals surface area contributed by atoms with Crippen molar-refractivity contribution in [3.63, 3.8) is 0 Å². The van der Waals surface area contributed by atoms with E-state index in [1.165, 1.54) is 10.8 Å². The third-order valence-electron chi connectivity index (χ3n) is 6.81. The molecule has 0 N–H and O–H groups in total. The molecule has 2 aliphatic heterocycles. The van der Waals surface area contributed by atoms with Crippen LogP contribution in [0.5, 0.6) is 11.5 Å². The third-order valence-corrected chi connectivity index (χ3v) is 7.05. The average molecular weight is 619 g/mol. The highest BCUT2D eigenvalue weighted by molar-refractivity contribution is 6.30. The van der Waals surface area contributed by atoms with Crippen LogP contribution in [0.3, 0.4) is 0 Å². The number of nitrogens with zero attached hydrogens (tertiary/aromatic N) is 2. The van der Waals surface area contributed by atoms with Gasteiger partial charge in [-0.25, -0.2) is 0 Å². The first kappa shape index (κ1) is 30.2. The highest BCUT2D eigenvalue weighted by Crippen LogP contribution is 2.39. The number of fused-ring (bicyclic) bond motifs is 2. The maximum Gasteiger partial charge on any atom is 0.416 e. The summed E-state index contributed by atoms with van der Waals surface area (Å²) < 4.78 is 92.4. The van der Waals surface area contributed by atoms with Crippen molar-refractivity contribution in [2.24, 2.45) is 0 Å². The summed E-state index contributed by atoms with van der Waals surface area (Å²) in [5.41, 5.74) is 1.74. The van der Waals surface area contributed by atoms with Gasteiger partial charge in [0.1, 0.15) is 11.5 Å². The number of benzene rings is 4. The smallest absolute Gasteiger partial charge is 0.416 e. The molecule has 0 saturated carbocycles. The molecule has 4 nitrogen and oxygen atoms in total. The fourth-order valence-corrected chi connectivity index (χ4v) is 4.87. The number of hydrogen-bond donors (Lipinski definition) is 0. The molecule has 0 saturated heterocycles. The Balaban J connectivity index is 0.000000180. The van der Waals surface area contributed by atoms with Gasteiger partial charge in [-0.05, 0) is 49.2 Å². The van der Waals surface area contributed by atoms with E-state index < -0.39 is 23.5 Å². The summed E-state index contributed by atoms with van der Waals surface area (Å²) >= 11 is 6.01. The second-order valence-electron chi connectivity index (χ2n) is 9.98. The average Bonchev–Trinajstić information content (AvgIpc) is 2.96. The van der Waals surface area contributed by atoms with Crippen molar-refractivity contribution in [2.75, 3.05) is 13.5 Å². The Labute approximate surface area is 248 Å². The molecule has 0 amide bonds. The molecule has 6 rings (SSSR count). The molecule has 2 heterocycles. The van der Waals surface area contributed by atoms with E-state index in [0.717, 1.165) is 33.1 Å². The van der Waals surface area contributed by atoms with E-state index in [-0.39, 0.29) is 18.5 Å². The van der Waals surface area contributed by atoms with Crippen LogP contribution in [0.1, 0.15) is 33.4 Å². The van der Waals surface area contributed by atoms with Gasteiger partial charge in [0.25, 0.3) is 13.5 Å². The Bertz CT molecular complexity index is 1710. The summed E-state index contributed by atoms with van der Waals surface area (Å²) in [6, 6.07) is 20.6. The zero-order chi connectivity index (χ0) is 30.9. The van der Waals surface area contributed by atoms with Gasteiger partial charge in [0.2, 0.25) is 11.4 Å². The minimum Gasteiger partial charge on any atom is -0.435 e. The van der Waals surface area contributed by atoms with E-state index in [4.69, 9.17) is 21.1 Å². The molecular weight excluding hydrogens is 594 g/mol. The third kappa shape index (κ3) is 6.85. The lowest BCUT2D eigenvalue weighted by atomic mass is 10.1. The van der Waals surface area contributed by atoms with Gasteiger partial charge in [0, 0.05) is 29.3 Å². The highest BCUT2D eigenvalue weighted by Gasteiger charge is 2.38. The maximum atomic E-state index is 13.0. The second-order valence-corrected chi connectivity index (χ2v) is 10.4. The van der Waals surface area contributed by atoms with Gasteiger partial charge >= 0.3 is 12.4 Å². The molecule has 0 fully saturated rings. The van der Waals surface area contributed by atoms with Crippen molar-refractivity contribution >= 4 is 35.4 Å². The Morgan fingerprint density at radius 2 is 1.07 bits per heavy atom. The molecular formula is C32H25ClF6N2O2+2. The lowest BCUT2D eigenvalue weighted by molar-refractivity contribution is -0.476. The molecule has 43 heavy (non-hydrogen) atoms. The fraction of sp³-hybridized carbons (Fsp3) is 0.188. The number of alkyl halides is 6. The quantitative estimate of drug-likeness (QED) is 0.166. The van der Waals surface area contributed by atoms with Gasteiger partial charge < -0.3 is 9.47 Å². The first-order chi connectivity index (χ1) is 20.3. The second kappa shape index (κ2) is 11.8. The van der Waals surface area contributed by atoms with Crippen molar-refractivity contribution < 1.29 is 45.0 Å². The van der Waals surface area contributed by atoms with Crippen LogP contribution >= 0.6 is 11.6 Å². The van der Waals surface area contributed by atoms with Gasteiger partial charge in [-0.1, -0.05) is 41.9 Å². The number of para-hydroxylation sites is 2. The molecule has 11 heteroatoms. The van der Waals surface area contributed by atoms with Crippen LogP contribution in [0, 0.1) is 13.8 Å². The summed E-state index contributed by atoms with van der Waals surface area (Å²) in [6.07, 6.45) is -6.21. The van der Waals surface area contributed by atoms with E-state index >= 15 is 0 Å². The number of ether oxygens (including phenoxy) is 2. The number of rotatable bonds is 2. The number of hydrogen-bond acceptors (Lipinski definition) is 2. The maximum absolute atomic E-state index is 13.0. The van der Waals surface area contributed by atoms with E-state index in [1.807, 2.05) is 34.9 Å². The predicted molar refractivity (Wildman–Crippen MR) is 151 cm³/mol. The molecule has 4 aromatic rings. The van der Waals surface area contributed by atoms with Gasteiger partial charge in [0.15, 0.2) is 12.4 Å². The standard InChI is InChI=1S/C17H12F6NO.C15H13ClNO/c1-10-3-2-4-11-8-24(9-25-15(10)11)14-6-12(16(18,19)20)5-13(7-14)17(21,22)23;1-11-4-2-5-12-9-17(10-18-15(11)12)14-7-3-6-13(16)8-14/h2-8H,9H2,1H3;2-9H,10H2,1H3/q2*+1. The number of halogens is 7. The lowest BCUT2D eigenvalue weighted by Crippen LogP contribution is -2.22. The van der Waals surface area contributed by atoms with Crippen LogP contribution < -0.4 is 9.47 Å². The van der Waals surface area contributed by atoms with Gasteiger partial charge in [-0.3, -0.25) is 0 Å². The Kier molecular flexibility index (Phi) is 8.25. The minimum atomic E-state index is -4.89. The van der Waals surface area contributed by atoms with Crippen molar-refractivity contribution in [1.29, 1.82) is 0 Å². The topological polar surface area (TPSA) is 24.5 Å². The Hall–Kier alpha value is -4.31. The highest BCUT2D eigenvalue weighted by atomic mass is 35.5. The minimum absolute atomic E-state index is 0.104. The largest absolute Gasteiger partial charge is 0.435 e. The molecule has 0 spiro atoms. The van der Waals surface area contributed by atoms with E-state index in [1.54, 1.807) is 25.1 Å².